The van der Waals surface area contributed by atoms with E-state index >= 15 is 0 Å². The van der Waals surface area contributed by atoms with Gasteiger partial charge in [0.05, 0.1) is 0 Å². The number of rotatable bonds is 4. The maximum Gasteiger partial charge on any atom is 0.270 e. The first-order chi connectivity index (χ1) is 12.3. The van der Waals surface area contributed by atoms with Crippen molar-refractivity contribution in [3.05, 3.63) is 39.1 Å². The predicted molar refractivity (Wildman–Crippen MR) is 112 cm³/mol. The van der Waals surface area contributed by atoms with E-state index in [2.05, 4.69) is 39.7 Å². The van der Waals surface area contributed by atoms with Crippen LogP contribution in [0.25, 0.3) is 0 Å². The molecule has 0 amide bonds. The SMILES string of the molecule is CCC1(C)CCN(c2nc(N)c(Sc3ccccc3Br)c(=O)n2C)CC1. The Morgan fingerprint density at radius 1 is 1.31 bits per heavy atom. The van der Waals surface area contributed by atoms with Crippen LogP contribution in [-0.2, 0) is 7.05 Å². The topological polar surface area (TPSA) is 64.2 Å². The molecule has 0 aliphatic carbocycles. The van der Waals surface area contributed by atoms with Gasteiger partial charge in [0.15, 0.2) is 0 Å². The third kappa shape index (κ3) is 3.78. The number of aromatic nitrogens is 2. The monoisotopic (exact) mass is 436 g/mol. The summed E-state index contributed by atoms with van der Waals surface area (Å²) in [5.41, 5.74) is 6.47. The number of benzene rings is 1. The molecular formula is C19H25BrN4OS. The van der Waals surface area contributed by atoms with E-state index in [0.29, 0.717) is 22.1 Å². The average molecular weight is 437 g/mol. The lowest BCUT2D eigenvalue weighted by molar-refractivity contribution is 0.236. The Kier molecular flexibility index (Phi) is 5.67. The van der Waals surface area contributed by atoms with Crippen molar-refractivity contribution in [2.45, 2.75) is 42.9 Å². The van der Waals surface area contributed by atoms with Crippen molar-refractivity contribution in [2.24, 2.45) is 12.5 Å². The molecule has 2 N–H and O–H groups in total. The van der Waals surface area contributed by atoms with Crippen molar-refractivity contribution in [1.29, 1.82) is 0 Å². The number of anilines is 2. The maximum atomic E-state index is 12.9. The molecule has 1 fully saturated rings. The molecule has 0 radical (unpaired) electrons. The first-order valence-corrected chi connectivity index (χ1v) is 10.5. The second-order valence-corrected chi connectivity index (χ2v) is 9.08. The van der Waals surface area contributed by atoms with E-state index in [4.69, 9.17) is 5.73 Å². The highest BCUT2D eigenvalue weighted by atomic mass is 79.9. The highest BCUT2D eigenvalue weighted by Gasteiger charge is 2.30. The summed E-state index contributed by atoms with van der Waals surface area (Å²) in [6.07, 6.45) is 3.39. The largest absolute Gasteiger partial charge is 0.382 e. The molecule has 2 heterocycles. The molecule has 1 aromatic heterocycles. The summed E-state index contributed by atoms with van der Waals surface area (Å²) in [5, 5.41) is 0. The molecule has 3 rings (SSSR count). The van der Waals surface area contributed by atoms with Gasteiger partial charge in [-0.2, -0.15) is 4.98 Å². The predicted octanol–water partition coefficient (Wildman–Crippen LogP) is 4.29. The fraction of sp³-hybridized carbons (Fsp3) is 0.474. The number of piperidine rings is 1. The molecule has 0 atom stereocenters. The van der Waals surface area contributed by atoms with Crippen molar-refractivity contribution in [3.63, 3.8) is 0 Å². The number of hydrogen-bond donors (Lipinski definition) is 1. The van der Waals surface area contributed by atoms with Gasteiger partial charge in [-0.05, 0) is 46.3 Å². The van der Waals surface area contributed by atoms with E-state index < -0.39 is 0 Å². The van der Waals surface area contributed by atoms with Crippen LogP contribution in [0.2, 0.25) is 0 Å². The van der Waals surface area contributed by atoms with E-state index in [1.165, 1.54) is 18.2 Å². The standard InChI is InChI=1S/C19H25BrN4OS/c1-4-19(2)9-11-24(12-10-19)18-22-16(21)15(17(25)23(18)3)26-14-8-6-5-7-13(14)20/h5-8H,4,9-12,21H2,1-3H3. The molecule has 5 nitrogen and oxygen atoms in total. The summed E-state index contributed by atoms with van der Waals surface area (Å²) in [4.78, 5) is 21.1. The molecule has 0 unspecified atom stereocenters. The van der Waals surface area contributed by atoms with Crippen molar-refractivity contribution in [3.8, 4) is 0 Å². The zero-order valence-corrected chi connectivity index (χ0v) is 17.9. The number of nitrogens with zero attached hydrogens (tertiary/aromatic N) is 3. The van der Waals surface area contributed by atoms with Crippen LogP contribution in [0.5, 0.6) is 0 Å². The summed E-state index contributed by atoms with van der Waals surface area (Å²) >= 11 is 4.87. The molecular weight excluding hydrogens is 412 g/mol. The molecule has 1 aliphatic rings. The molecule has 2 aromatic rings. The summed E-state index contributed by atoms with van der Waals surface area (Å²) in [6.45, 7) is 6.39. The van der Waals surface area contributed by atoms with Gasteiger partial charge >= 0.3 is 0 Å². The van der Waals surface area contributed by atoms with Crippen LogP contribution in [0.3, 0.4) is 0 Å². The lowest BCUT2D eigenvalue weighted by Crippen LogP contribution is -2.41. The Hall–Kier alpha value is -1.47. The van der Waals surface area contributed by atoms with Crippen LogP contribution < -0.4 is 16.2 Å². The smallest absolute Gasteiger partial charge is 0.270 e. The summed E-state index contributed by atoms with van der Waals surface area (Å²) < 4.78 is 2.56. The van der Waals surface area contributed by atoms with E-state index in [1.54, 1.807) is 11.6 Å². The third-order valence-electron chi connectivity index (χ3n) is 5.41. The molecule has 0 saturated carbocycles. The van der Waals surface area contributed by atoms with Crippen LogP contribution >= 0.6 is 27.7 Å². The Balaban J connectivity index is 1.90. The van der Waals surface area contributed by atoms with Crippen LogP contribution in [0.1, 0.15) is 33.1 Å². The van der Waals surface area contributed by atoms with Crippen LogP contribution in [0.4, 0.5) is 11.8 Å². The minimum atomic E-state index is -0.0999. The zero-order valence-electron chi connectivity index (χ0n) is 15.5. The molecule has 0 spiro atoms. The highest BCUT2D eigenvalue weighted by Crippen LogP contribution is 2.37. The van der Waals surface area contributed by atoms with Crippen molar-refractivity contribution in [1.82, 2.24) is 9.55 Å². The second-order valence-electron chi connectivity index (χ2n) is 7.17. The van der Waals surface area contributed by atoms with Gasteiger partial charge in [-0.15, -0.1) is 0 Å². The minimum Gasteiger partial charge on any atom is -0.382 e. The first-order valence-electron chi connectivity index (χ1n) is 8.88. The third-order valence-corrected chi connectivity index (χ3v) is 7.53. The van der Waals surface area contributed by atoms with Crippen LogP contribution in [0.15, 0.2) is 43.3 Å². The van der Waals surface area contributed by atoms with Gasteiger partial charge in [0.1, 0.15) is 10.7 Å². The highest BCUT2D eigenvalue weighted by molar-refractivity contribution is 9.10. The summed E-state index contributed by atoms with van der Waals surface area (Å²) in [5.74, 6) is 0.967. The fourth-order valence-electron chi connectivity index (χ4n) is 3.20. The van der Waals surface area contributed by atoms with Gasteiger partial charge in [-0.1, -0.05) is 44.2 Å². The van der Waals surface area contributed by atoms with Crippen molar-refractivity contribution < 1.29 is 0 Å². The van der Waals surface area contributed by atoms with E-state index in [1.807, 2.05) is 24.3 Å². The molecule has 0 bridgehead atoms. The number of halogens is 1. The molecule has 140 valence electrons. The van der Waals surface area contributed by atoms with Gasteiger partial charge in [0, 0.05) is 29.5 Å². The quantitative estimate of drug-likeness (QED) is 0.773. The van der Waals surface area contributed by atoms with Crippen LogP contribution in [0, 0.1) is 5.41 Å². The molecule has 1 aliphatic heterocycles. The van der Waals surface area contributed by atoms with Gasteiger partial charge in [-0.3, -0.25) is 9.36 Å². The summed E-state index contributed by atoms with van der Waals surface area (Å²) in [7, 11) is 1.78. The van der Waals surface area contributed by atoms with Crippen LogP contribution in [-0.4, -0.2) is 22.6 Å². The Labute approximate surface area is 167 Å². The van der Waals surface area contributed by atoms with E-state index in [0.717, 1.165) is 35.3 Å². The molecule has 7 heteroatoms. The van der Waals surface area contributed by atoms with Gasteiger partial charge in [-0.25, -0.2) is 0 Å². The average Bonchev–Trinajstić information content (AvgIpc) is 2.64. The fourth-order valence-corrected chi connectivity index (χ4v) is 4.64. The zero-order chi connectivity index (χ0) is 18.9. The molecule has 1 aromatic carbocycles. The van der Waals surface area contributed by atoms with Crippen molar-refractivity contribution in [2.75, 3.05) is 23.7 Å². The Morgan fingerprint density at radius 2 is 1.96 bits per heavy atom. The molecule has 1 saturated heterocycles. The van der Waals surface area contributed by atoms with Crippen molar-refractivity contribution >= 4 is 39.5 Å². The minimum absolute atomic E-state index is 0.0999. The lowest BCUT2D eigenvalue weighted by atomic mass is 9.78. The van der Waals surface area contributed by atoms with E-state index in [9.17, 15) is 4.79 Å². The molecule has 26 heavy (non-hydrogen) atoms. The number of nitrogens with two attached hydrogens (primary N) is 1. The normalized spacial score (nSPS) is 16.7. The number of nitrogen functional groups attached to an aromatic ring is 1. The lowest BCUT2D eigenvalue weighted by Gasteiger charge is -2.39. The Morgan fingerprint density at radius 3 is 2.58 bits per heavy atom. The maximum absolute atomic E-state index is 12.9. The van der Waals surface area contributed by atoms with Gasteiger partial charge in [0.25, 0.3) is 5.56 Å². The summed E-state index contributed by atoms with van der Waals surface area (Å²) in [6, 6.07) is 7.78. The van der Waals surface area contributed by atoms with Gasteiger partial charge in [0.2, 0.25) is 5.95 Å². The number of hydrogen-bond acceptors (Lipinski definition) is 5. The van der Waals surface area contributed by atoms with E-state index in [-0.39, 0.29) is 5.56 Å². The first kappa shape index (κ1) is 19.3. The second kappa shape index (κ2) is 7.64. The van der Waals surface area contributed by atoms with Gasteiger partial charge < -0.3 is 10.6 Å². The Bertz CT molecular complexity index is 859.